The quantitative estimate of drug-likeness (QED) is 0.337. The zero-order valence-electron chi connectivity index (χ0n) is 15.2. The molecular weight excluding hydrogens is 450 g/mol. The van der Waals surface area contributed by atoms with Crippen molar-refractivity contribution in [2.75, 3.05) is 0 Å². The molecule has 1 heterocycles. The number of hydrogen-bond donors (Lipinski definition) is 1. The average Bonchev–Trinajstić information content (AvgIpc) is 3.16. The summed E-state index contributed by atoms with van der Waals surface area (Å²) >= 11 is 9.71. The molecule has 29 heavy (non-hydrogen) atoms. The molecule has 0 aliphatic heterocycles. The van der Waals surface area contributed by atoms with Gasteiger partial charge in [-0.2, -0.15) is 5.26 Å². The Morgan fingerprint density at radius 3 is 2.72 bits per heavy atom. The predicted octanol–water partition coefficient (Wildman–Crippen LogP) is 6.62. The van der Waals surface area contributed by atoms with E-state index in [1.165, 1.54) is 0 Å². The number of nitrogens with zero attached hydrogens (tertiary/aromatic N) is 2. The summed E-state index contributed by atoms with van der Waals surface area (Å²) in [6.45, 7) is 0.328. The topological polar surface area (TPSA) is 61.7 Å². The molecule has 1 N–H and O–H groups in total. The lowest BCUT2D eigenvalue weighted by Gasteiger charge is -2.11. The minimum Gasteiger partial charge on any atom is -0.488 e. The van der Waals surface area contributed by atoms with Gasteiger partial charge in [-0.25, -0.2) is 4.98 Å². The first kappa shape index (κ1) is 19.3. The zero-order chi connectivity index (χ0) is 20.2. The van der Waals surface area contributed by atoms with Gasteiger partial charge in [-0.15, -0.1) is 0 Å². The Kier molecular flexibility index (Phi) is 5.66. The zero-order valence-corrected chi connectivity index (χ0v) is 17.5. The highest BCUT2D eigenvalue weighted by atomic mass is 79.9. The Morgan fingerprint density at radius 2 is 1.93 bits per heavy atom. The number of imidazole rings is 1. The molecule has 0 saturated carbocycles. The number of aromatic amines is 1. The molecule has 1 aromatic heterocycles. The third-order valence-corrected chi connectivity index (χ3v) is 5.24. The molecule has 0 bridgehead atoms. The first-order chi connectivity index (χ1) is 14.1. The molecule has 3 aromatic carbocycles. The second-order valence-corrected chi connectivity index (χ2v) is 7.66. The molecule has 0 amide bonds. The molecule has 0 spiro atoms. The van der Waals surface area contributed by atoms with Crippen LogP contribution in [0.4, 0.5) is 0 Å². The highest BCUT2D eigenvalue weighted by Crippen LogP contribution is 2.29. The maximum Gasteiger partial charge on any atom is 0.149 e. The lowest BCUT2D eigenvalue weighted by atomic mass is 10.1. The van der Waals surface area contributed by atoms with Crippen LogP contribution in [-0.2, 0) is 6.61 Å². The van der Waals surface area contributed by atoms with Crippen LogP contribution in [0.2, 0.25) is 5.02 Å². The lowest BCUT2D eigenvalue weighted by molar-refractivity contribution is 0.305. The molecule has 0 aliphatic carbocycles. The molecule has 4 aromatic rings. The smallest absolute Gasteiger partial charge is 0.149 e. The number of rotatable bonds is 5. The van der Waals surface area contributed by atoms with E-state index in [0.29, 0.717) is 28.8 Å². The molecule has 0 unspecified atom stereocenters. The van der Waals surface area contributed by atoms with Gasteiger partial charge in [0.05, 0.1) is 16.6 Å². The van der Waals surface area contributed by atoms with E-state index in [-0.39, 0.29) is 0 Å². The maximum atomic E-state index is 9.72. The highest BCUT2D eigenvalue weighted by Gasteiger charge is 2.11. The van der Waals surface area contributed by atoms with Crippen molar-refractivity contribution < 1.29 is 4.74 Å². The molecule has 0 saturated heterocycles. The van der Waals surface area contributed by atoms with Gasteiger partial charge in [-0.3, -0.25) is 0 Å². The third-order valence-electron chi connectivity index (χ3n) is 4.38. The molecule has 4 rings (SSSR count). The van der Waals surface area contributed by atoms with Crippen LogP contribution in [0.3, 0.4) is 0 Å². The minimum absolute atomic E-state index is 0.328. The fourth-order valence-electron chi connectivity index (χ4n) is 2.92. The number of halogens is 2. The average molecular weight is 465 g/mol. The van der Waals surface area contributed by atoms with E-state index in [4.69, 9.17) is 16.3 Å². The van der Waals surface area contributed by atoms with Crippen molar-refractivity contribution in [3.8, 4) is 11.8 Å². The molecule has 0 radical (unpaired) electrons. The standard InChI is InChI=1S/C23H15BrClN3O/c24-18-9-10-22(29-14-15-5-1-2-6-19(15)25)16(12-18)11-17(13-26)23-27-20-7-3-4-8-21(20)28-23/h1-12H,14H2,(H,27,28). The Labute approximate surface area is 181 Å². The molecule has 0 aliphatic rings. The van der Waals surface area contributed by atoms with E-state index in [0.717, 1.165) is 26.6 Å². The number of para-hydroxylation sites is 2. The largest absolute Gasteiger partial charge is 0.488 e. The van der Waals surface area contributed by atoms with Crippen LogP contribution in [0.5, 0.6) is 5.75 Å². The monoisotopic (exact) mass is 463 g/mol. The number of fused-ring (bicyclic) bond motifs is 1. The van der Waals surface area contributed by atoms with Crippen molar-refractivity contribution in [1.82, 2.24) is 9.97 Å². The summed E-state index contributed by atoms with van der Waals surface area (Å²) < 4.78 is 6.89. The van der Waals surface area contributed by atoms with E-state index < -0.39 is 0 Å². The molecule has 0 atom stereocenters. The number of nitriles is 1. The minimum atomic E-state index is 0.328. The molecule has 0 fully saturated rings. The van der Waals surface area contributed by atoms with E-state index in [9.17, 15) is 5.26 Å². The van der Waals surface area contributed by atoms with E-state index in [2.05, 4.69) is 32.0 Å². The van der Waals surface area contributed by atoms with Crippen LogP contribution in [-0.4, -0.2) is 9.97 Å². The van der Waals surface area contributed by atoms with Crippen molar-refractivity contribution in [2.45, 2.75) is 6.61 Å². The maximum absolute atomic E-state index is 9.72. The normalized spacial score (nSPS) is 11.4. The van der Waals surface area contributed by atoms with Crippen molar-refractivity contribution >= 4 is 50.2 Å². The Hall–Kier alpha value is -3.07. The first-order valence-corrected chi connectivity index (χ1v) is 10.0. The fourth-order valence-corrected chi connectivity index (χ4v) is 3.49. The van der Waals surface area contributed by atoms with Gasteiger partial charge in [0.2, 0.25) is 0 Å². The first-order valence-electron chi connectivity index (χ1n) is 8.87. The van der Waals surface area contributed by atoms with Crippen molar-refractivity contribution in [3.63, 3.8) is 0 Å². The van der Waals surface area contributed by atoms with Crippen molar-refractivity contribution in [3.05, 3.63) is 93.2 Å². The number of allylic oxidation sites excluding steroid dienone is 1. The summed E-state index contributed by atoms with van der Waals surface area (Å²) in [5.41, 5.74) is 3.77. The molecule has 4 nitrogen and oxygen atoms in total. The number of ether oxygens (including phenoxy) is 1. The van der Waals surface area contributed by atoms with Gasteiger partial charge < -0.3 is 9.72 Å². The van der Waals surface area contributed by atoms with Crippen LogP contribution < -0.4 is 4.74 Å². The summed E-state index contributed by atoms with van der Waals surface area (Å²) in [5, 5.41) is 10.4. The van der Waals surface area contributed by atoms with Gasteiger partial charge in [-0.1, -0.05) is 57.9 Å². The van der Waals surface area contributed by atoms with Crippen molar-refractivity contribution in [2.24, 2.45) is 0 Å². The molecule has 6 heteroatoms. The van der Waals surface area contributed by atoms with Gasteiger partial charge in [0, 0.05) is 20.6 Å². The van der Waals surface area contributed by atoms with Gasteiger partial charge in [0.1, 0.15) is 24.3 Å². The SMILES string of the molecule is N#CC(=Cc1cc(Br)ccc1OCc1ccccc1Cl)c1nc2ccccc2[nH]1. The van der Waals surface area contributed by atoms with E-state index in [1.54, 1.807) is 6.08 Å². The number of benzene rings is 3. The second-order valence-electron chi connectivity index (χ2n) is 6.33. The van der Waals surface area contributed by atoms with Gasteiger partial charge in [0.15, 0.2) is 0 Å². The summed E-state index contributed by atoms with van der Waals surface area (Å²) in [4.78, 5) is 7.72. The summed E-state index contributed by atoms with van der Waals surface area (Å²) in [6.07, 6.45) is 1.77. The predicted molar refractivity (Wildman–Crippen MR) is 120 cm³/mol. The van der Waals surface area contributed by atoms with Gasteiger partial charge >= 0.3 is 0 Å². The fraction of sp³-hybridized carbons (Fsp3) is 0.0435. The third kappa shape index (κ3) is 4.34. The molecule has 142 valence electrons. The Morgan fingerprint density at radius 1 is 1.14 bits per heavy atom. The number of nitrogens with one attached hydrogen (secondary N) is 1. The van der Waals surface area contributed by atoms with E-state index in [1.807, 2.05) is 66.7 Å². The highest BCUT2D eigenvalue weighted by molar-refractivity contribution is 9.10. The van der Waals surface area contributed by atoms with Gasteiger partial charge in [0.25, 0.3) is 0 Å². The van der Waals surface area contributed by atoms with Crippen LogP contribution in [0.15, 0.2) is 71.2 Å². The van der Waals surface area contributed by atoms with Crippen LogP contribution >= 0.6 is 27.5 Å². The summed E-state index contributed by atoms with van der Waals surface area (Å²) in [5.74, 6) is 1.17. The number of aromatic nitrogens is 2. The van der Waals surface area contributed by atoms with Crippen LogP contribution in [0.25, 0.3) is 22.7 Å². The van der Waals surface area contributed by atoms with E-state index >= 15 is 0 Å². The van der Waals surface area contributed by atoms with Crippen LogP contribution in [0.1, 0.15) is 17.0 Å². The lowest BCUT2D eigenvalue weighted by Crippen LogP contribution is -1.98. The molecular formula is C23H15BrClN3O. The number of H-pyrrole nitrogens is 1. The van der Waals surface area contributed by atoms with Crippen molar-refractivity contribution in [1.29, 1.82) is 5.26 Å². The summed E-state index contributed by atoms with van der Waals surface area (Å²) in [6, 6.07) is 23.1. The number of hydrogen-bond acceptors (Lipinski definition) is 3. The Bertz CT molecular complexity index is 1220. The van der Waals surface area contributed by atoms with Crippen LogP contribution in [0, 0.1) is 11.3 Å². The van der Waals surface area contributed by atoms with Gasteiger partial charge in [-0.05, 0) is 42.5 Å². The second kappa shape index (κ2) is 8.52. The Balaban J connectivity index is 1.68. The summed E-state index contributed by atoms with van der Waals surface area (Å²) in [7, 11) is 0.